The van der Waals surface area contributed by atoms with Crippen molar-refractivity contribution in [3.63, 3.8) is 0 Å². The zero-order chi connectivity index (χ0) is 16.8. The second-order valence-corrected chi connectivity index (χ2v) is 5.35. The number of aromatic nitrogens is 1. The fraction of sp³-hybridized carbons (Fsp3) is 0.312. The van der Waals surface area contributed by atoms with Gasteiger partial charge in [0, 0.05) is 5.56 Å². The van der Waals surface area contributed by atoms with Gasteiger partial charge in [0.05, 0.1) is 31.7 Å². The van der Waals surface area contributed by atoms with Crippen molar-refractivity contribution in [1.29, 1.82) is 0 Å². The Morgan fingerprint density at radius 2 is 2.04 bits per heavy atom. The predicted octanol–water partition coefficient (Wildman–Crippen LogP) is 2.60. The van der Waals surface area contributed by atoms with Crippen LogP contribution in [0.4, 0.5) is 0 Å². The van der Waals surface area contributed by atoms with Gasteiger partial charge >= 0.3 is 5.97 Å². The van der Waals surface area contributed by atoms with E-state index in [0.29, 0.717) is 11.3 Å². The lowest BCUT2D eigenvalue weighted by molar-refractivity contribution is -0.141. The molecular weight excluding hydrogens is 320 g/mol. The Morgan fingerprint density at radius 1 is 1.35 bits per heavy atom. The minimum atomic E-state index is -0.477. The highest BCUT2D eigenvalue weighted by Gasteiger charge is 2.21. The summed E-state index contributed by atoms with van der Waals surface area (Å²) in [5.74, 6) is -0.686. The molecule has 0 aliphatic heterocycles. The highest BCUT2D eigenvalue weighted by atomic mass is 35.5. The summed E-state index contributed by atoms with van der Waals surface area (Å²) in [5, 5.41) is 6.63. The highest BCUT2D eigenvalue weighted by Crippen LogP contribution is 2.21. The molecule has 1 atom stereocenters. The molecule has 0 bridgehead atoms. The SMILES string of the molecule is COC(=O)C[C@H](NC(=O)Cc1c(C)noc1Cl)c1ccccc1. The van der Waals surface area contributed by atoms with Gasteiger partial charge in [-0.15, -0.1) is 0 Å². The molecule has 0 aliphatic carbocycles. The molecule has 1 heterocycles. The number of nitrogens with one attached hydrogen (secondary N) is 1. The average Bonchev–Trinajstić information content (AvgIpc) is 2.86. The first kappa shape index (κ1) is 17.0. The van der Waals surface area contributed by atoms with E-state index >= 15 is 0 Å². The van der Waals surface area contributed by atoms with E-state index in [1.807, 2.05) is 30.3 Å². The molecule has 1 aromatic heterocycles. The second-order valence-electron chi connectivity index (χ2n) is 5.01. The Balaban J connectivity index is 2.11. The molecule has 0 saturated carbocycles. The Hall–Kier alpha value is -2.34. The van der Waals surface area contributed by atoms with Crippen molar-refractivity contribution in [3.8, 4) is 0 Å². The maximum absolute atomic E-state index is 12.3. The quantitative estimate of drug-likeness (QED) is 0.820. The van der Waals surface area contributed by atoms with E-state index < -0.39 is 12.0 Å². The van der Waals surface area contributed by atoms with Crippen LogP contribution in [0.2, 0.25) is 5.22 Å². The third-order valence-electron chi connectivity index (χ3n) is 3.41. The van der Waals surface area contributed by atoms with E-state index in [0.717, 1.165) is 5.56 Å². The van der Waals surface area contributed by atoms with Crippen LogP contribution in [0, 0.1) is 6.92 Å². The Labute approximate surface area is 138 Å². The molecule has 2 rings (SSSR count). The van der Waals surface area contributed by atoms with Crippen LogP contribution >= 0.6 is 11.6 Å². The predicted molar refractivity (Wildman–Crippen MR) is 83.9 cm³/mol. The molecule has 0 fully saturated rings. The van der Waals surface area contributed by atoms with Gasteiger partial charge in [0.15, 0.2) is 0 Å². The van der Waals surface area contributed by atoms with Gasteiger partial charge in [-0.1, -0.05) is 35.5 Å². The van der Waals surface area contributed by atoms with Crippen LogP contribution in [0.5, 0.6) is 0 Å². The number of nitrogens with zero attached hydrogens (tertiary/aromatic N) is 1. The van der Waals surface area contributed by atoms with Gasteiger partial charge in [-0.2, -0.15) is 0 Å². The molecule has 7 heteroatoms. The van der Waals surface area contributed by atoms with Crippen molar-refractivity contribution < 1.29 is 18.8 Å². The minimum Gasteiger partial charge on any atom is -0.469 e. The average molecular weight is 337 g/mol. The van der Waals surface area contributed by atoms with Crippen LogP contribution in [-0.2, 0) is 20.7 Å². The van der Waals surface area contributed by atoms with Gasteiger partial charge in [-0.05, 0) is 24.1 Å². The molecule has 0 radical (unpaired) electrons. The van der Waals surface area contributed by atoms with Gasteiger partial charge in [0.2, 0.25) is 11.1 Å². The standard InChI is InChI=1S/C16H17ClN2O4/c1-10-12(16(17)23-19-10)8-14(20)18-13(9-15(21)22-2)11-6-4-3-5-7-11/h3-7,13H,8-9H2,1-2H3,(H,18,20)/t13-/m0/s1. The molecule has 0 aliphatic rings. The summed E-state index contributed by atoms with van der Waals surface area (Å²) in [6.45, 7) is 1.71. The Kier molecular flexibility index (Phi) is 5.76. The largest absolute Gasteiger partial charge is 0.469 e. The summed E-state index contributed by atoms with van der Waals surface area (Å²) in [7, 11) is 1.31. The van der Waals surface area contributed by atoms with E-state index in [1.54, 1.807) is 6.92 Å². The van der Waals surface area contributed by atoms with Crippen LogP contribution in [-0.4, -0.2) is 24.1 Å². The summed E-state index contributed by atoms with van der Waals surface area (Å²) in [6, 6.07) is 8.74. The minimum absolute atomic E-state index is 0.0265. The molecule has 1 amide bonds. The molecule has 6 nitrogen and oxygen atoms in total. The second kappa shape index (κ2) is 7.78. The molecule has 122 valence electrons. The third kappa shape index (κ3) is 4.56. The van der Waals surface area contributed by atoms with Gasteiger partial charge < -0.3 is 14.6 Å². The first-order valence-corrected chi connectivity index (χ1v) is 7.40. The number of hydrogen-bond donors (Lipinski definition) is 1. The van der Waals surface area contributed by atoms with Crippen molar-refractivity contribution in [3.05, 3.63) is 52.4 Å². The number of benzene rings is 1. The van der Waals surface area contributed by atoms with Gasteiger partial charge in [-0.3, -0.25) is 9.59 Å². The van der Waals surface area contributed by atoms with Gasteiger partial charge in [0.1, 0.15) is 0 Å². The number of aryl methyl sites for hydroxylation is 1. The number of carbonyl (C=O) groups excluding carboxylic acids is 2. The van der Waals surface area contributed by atoms with Crippen LogP contribution in [0.15, 0.2) is 34.9 Å². The van der Waals surface area contributed by atoms with Crippen LogP contribution < -0.4 is 5.32 Å². The molecule has 1 aromatic carbocycles. The zero-order valence-corrected chi connectivity index (χ0v) is 13.6. The Morgan fingerprint density at radius 3 is 2.61 bits per heavy atom. The zero-order valence-electron chi connectivity index (χ0n) is 12.8. The molecule has 23 heavy (non-hydrogen) atoms. The number of carbonyl (C=O) groups is 2. The number of ether oxygens (including phenoxy) is 1. The normalized spacial score (nSPS) is 11.8. The molecule has 0 unspecified atom stereocenters. The van der Waals surface area contributed by atoms with E-state index in [4.69, 9.17) is 20.9 Å². The topological polar surface area (TPSA) is 81.4 Å². The molecular formula is C16H17ClN2O4. The van der Waals surface area contributed by atoms with Crippen LogP contribution in [0.25, 0.3) is 0 Å². The maximum Gasteiger partial charge on any atom is 0.307 e. The fourth-order valence-electron chi connectivity index (χ4n) is 2.15. The van der Waals surface area contributed by atoms with Crippen LogP contribution in [0.1, 0.15) is 29.3 Å². The van der Waals surface area contributed by atoms with Crippen molar-refractivity contribution in [2.24, 2.45) is 0 Å². The van der Waals surface area contributed by atoms with E-state index in [2.05, 4.69) is 10.5 Å². The fourth-order valence-corrected chi connectivity index (χ4v) is 2.39. The monoisotopic (exact) mass is 336 g/mol. The van der Waals surface area contributed by atoms with E-state index in [-0.39, 0.29) is 24.0 Å². The molecule has 0 spiro atoms. The van der Waals surface area contributed by atoms with Crippen molar-refractivity contribution >= 4 is 23.5 Å². The maximum atomic E-state index is 12.3. The van der Waals surface area contributed by atoms with Crippen molar-refractivity contribution in [1.82, 2.24) is 10.5 Å². The summed E-state index contributed by atoms with van der Waals surface area (Å²) >= 11 is 5.87. The van der Waals surface area contributed by atoms with Gasteiger partial charge in [-0.25, -0.2) is 0 Å². The lowest BCUT2D eigenvalue weighted by Gasteiger charge is -2.18. The third-order valence-corrected chi connectivity index (χ3v) is 3.71. The number of amides is 1. The first-order valence-electron chi connectivity index (χ1n) is 7.03. The number of hydrogen-bond acceptors (Lipinski definition) is 5. The van der Waals surface area contributed by atoms with Crippen LogP contribution in [0.3, 0.4) is 0 Å². The first-order chi connectivity index (χ1) is 11.0. The molecule has 0 saturated heterocycles. The number of rotatable bonds is 6. The van der Waals surface area contributed by atoms with Crippen molar-refractivity contribution in [2.45, 2.75) is 25.8 Å². The molecule has 1 N–H and O–H groups in total. The van der Waals surface area contributed by atoms with Gasteiger partial charge in [0.25, 0.3) is 0 Å². The lowest BCUT2D eigenvalue weighted by Crippen LogP contribution is -2.31. The molecule has 2 aromatic rings. The highest BCUT2D eigenvalue weighted by molar-refractivity contribution is 6.29. The summed E-state index contributed by atoms with van der Waals surface area (Å²) < 4.78 is 9.52. The number of halogens is 1. The lowest BCUT2D eigenvalue weighted by atomic mass is 10.0. The van der Waals surface area contributed by atoms with E-state index in [1.165, 1.54) is 7.11 Å². The summed E-state index contributed by atoms with van der Waals surface area (Å²) in [4.78, 5) is 23.9. The smallest absolute Gasteiger partial charge is 0.307 e. The summed E-state index contributed by atoms with van der Waals surface area (Å²) in [6.07, 6.45) is 0.0707. The number of methoxy groups -OCH3 is 1. The summed E-state index contributed by atoms with van der Waals surface area (Å²) in [5.41, 5.74) is 1.92. The Bertz CT molecular complexity index is 665. The van der Waals surface area contributed by atoms with Crippen molar-refractivity contribution in [2.75, 3.05) is 7.11 Å². The van der Waals surface area contributed by atoms with E-state index in [9.17, 15) is 9.59 Å². The number of esters is 1.